The number of aromatic nitrogens is 2. The van der Waals surface area contributed by atoms with E-state index in [9.17, 15) is 4.39 Å². The van der Waals surface area contributed by atoms with Gasteiger partial charge >= 0.3 is 0 Å². The van der Waals surface area contributed by atoms with Crippen LogP contribution in [-0.2, 0) is 13.0 Å². The van der Waals surface area contributed by atoms with Crippen molar-refractivity contribution < 1.29 is 4.39 Å². The van der Waals surface area contributed by atoms with Crippen LogP contribution in [0.15, 0.2) is 12.1 Å². The number of H-pyrrole nitrogens is 1. The second kappa shape index (κ2) is 4.78. The molecule has 0 amide bonds. The van der Waals surface area contributed by atoms with Gasteiger partial charge in [0.2, 0.25) is 0 Å². The Labute approximate surface area is 112 Å². The summed E-state index contributed by atoms with van der Waals surface area (Å²) >= 11 is 0. The normalized spacial score (nSPS) is 15.1. The van der Waals surface area contributed by atoms with Crippen LogP contribution in [0.3, 0.4) is 0 Å². The number of aryl methyl sites for hydroxylation is 3. The van der Waals surface area contributed by atoms with Crippen LogP contribution in [0.4, 0.5) is 4.39 Å². The van der Waals surface area contributed by atoms with Crippen molar-refractivity contribution in [1.82, 2.24) is 15.5 Å². The average Bonchev–Trinajstić information content (AvgIpc) is 2.64. The highest BCUT2D eigenvalue weighted by molar-refractivity contribution is 5.66. The van der Waals surface area contributed by atoms with Gasteiger partial charge in [0.1, 0.15) is 5.82 Å². The first kappa shape index (κ1) is 12.4. The molecule has 0 spiro atoms. The number of fused-ring (bicyclic) bond motifs is 1. The van der Waals surface area contributed by atoms with Gasteiger partial charge in [0.25, 0.3) is 0 Å². The van der Waals surface area contributed by atoms with E-state index in [1.807, 2.05) is 12.1 Å². The summed E-state index contributed by atoms with van der Waals surface area (Å²) in [6.45, 7) is 5.46. The average molecular weight is 259 g/mol. The summed E-state index contributed by atoms with van der Waals surface area (Å²) in [6, 6.07) is 3.76. The number of hydrogen-bond acceptors (Lipinski definition) is 2. The lowest BCUT2D eigenvalue weighted by atomic mass is 10.0. The van der Waals surface area contributed by atoms with Gasteiger partial charge in [0, 0.05) is 23.4 Å². The second-order valence-corrected chi connectivity index (χ2v) is 5.23. The van der Waals surface area contributed by atoms with Gasteiger partial charge in [-0.25, -0.2) is 4.39 Å². The molecule has 100 valence electrons. The number of benzene rings is 1. The summed E-state index contributed by atoms with van der Waals surface area (Å²) in [5, 5.41) is 11.0. The molecule has 1 aromatic carbocycles. The molecule has 1 aromatic heterocycles. The molecule has 0 saturated heterocycles. The fourth-order valence-electron chi connectivity index (χ4n) is 2.72. The van der Waals surface area contributed by atoms with Crippen LogP contribution in [0.1, 0.15) is 28.8 Å². The SMILES string of the molecule is Cc1cc(-c2n[nH]c3c2CNCCC3)cc(C)c1F. The van der Waals surface area contributed by atoms with Crippen LogP contribution in [0.25, 0.3) is 11.3 Å². The number of nitrogens with one attached hydrogen (secondary N) is 2. The fourth-order valence-corrected chi connectivity index (χ4v) is 2.72. The minimum absolute atomic E-state index is 0.122. The highest BCUT2D eigenvalue weighted by atomic mass is 19.1. The van der Waals surface area contributed by atoms with Gasteiger partial charge in [0.15, 0.2) is 0 Å². The maximum absolute atomic E-state index is 13.7. The minimum atomic E-state index is -0.122. The van der Waals surface area contributed by atoms with Gasteiger partial charge in [-0.3, -0.25) is 5.10 Å². The minimum Gasteiger partial charge on any atom is -0.313 e. The molecular weight excluding hydrogens is 241 g/mol. The molecule has 0 atom stereocenters. The maximum Gasteiger partial charge on any atom is 0.129 e. The lowest BCUT2D eigenvalue weighted by Gasteiger charge is -2.07. The Morgan fingerprint density at radius 3 is 2.68 bits per heavy atom. The Hall–Kier alpha value is -1.68. The Bertz CT molecular complexity index is 593. The highest BCUT2D eigenvalue weighted by Crippen LogP contribution is 2.28. The molecule has 0 bridgehead atoms. The molecule has 3 rings (SSSR count). The van der Waals surface area contributed by atoms with Crippen molar-refractivity contribution in [1.29, 1.82) is 0 Å². The zero-order valence-electron chi connectivity index (χ0n) is 11.3. The van der Waals surface area contributed by atoms with Crippen molar-refractivity contribution in [2.75, 3.05) is 6.54 Å². The van der Waals surface area contributed by atoms with Crippen LogP contribution >= 0.6 is 0 Å². The predicted octanol–water partition coefficient (Wildman–Crippen LogP) is 2.87. The number of nitrogens with zero attached hydrogens (tertiary/aromatic N) is 1. The summed E-state index contributed by atoms with van der Waals surface area (Å²) in [4.78, 5) is 0. The van der Waals surface area contributed by atoms with Crippen LogP contribution in [0, 0.1) is 19.7 Å². The van der Waals surface area contributed by atoms with Crippen molar-refractivity contribution in [3.05, 3.63) is 40.3 Å². The molecule has 19 heavy (non-hydrogen) atoms. The molecule has 2 heterocycles. The smallest absolute Gasteiger partial charge is 0.129 e. The van der Waals surface area contributed by atoms with Gasteiger partial charge in [-0.2, -0.15) is 5.10 Å². The monoisotopic (exact) mass is 259 g/mol. The Balaban J connectivity index is 2.10. The van der Waals surface area contributed by atoms with Crippen molar-refractivity contribution in [2.24, 2.45) is 0 Å². The first-order chi connectivity index (χ1) is 9.16. The first-order valence-electron chi connectivity index (χ1n) is 6.71. The van der Waals surface area contributed by atoms with Crippen molar-refractivity contribution in [2.45, 2.75) is 33.2 Å². The van der Waals surface area contributed by atoms with Crippen molar-refractivity contribution >= 4 is 0 Å². The molecule has 1 aliphatic rings. The van der Waals surface area contributed by atoms with Gasteiger partial charge < -0.3 is 5.32 Å². The number of aromatic amines is 1. The molecule has 3 nitrogen and oxygen atoms in total. The quantitative estimate of drug-likeness (QED) is 0.826. The number of hydrogen-bond donors (Lipinski definition) is 2. The zero-order valence-corrected chi connectivity index (χ0v) is 11.3. The van der Waals surface area contributed by atoms with E-state index in [0.29, 0.717) is 11.1 Å². The zero-order chi connectivity index (χ0) is 13.4. The molecule has 2 aromatic rings. The van der Waals surface area contributed by atoms with E-state index >= 15 is 0 Å². The Kier molecular flexibility index (Phi) is 3.11. The van der Waals surface area contributed by atoms with E-state index < -0.39 is 0 Å². The van der Waals surface area contributed by atoms with Gasteiger partial charge in [-0.15, -0.1) is 0 Å². The van der Waals surface area contributed by atoms with E-state index in [-0.39, 0.29) is 5.82 Å². The third kappa shape index (κ3) is 2.16. The summed E-state index contributed by atoms with van der Waals surface area (Å²) < 4.78 is 13.7. The molecule has 0 radical (unpaired) electrons. The standard InChI is InChI=1S/C15H18FN3/c1-9-6-11(7-10(2)14(9)16)15-12-8-17-5-3-4-13(12)18-19-15/h6-7,17H,3-5,8H2,1-2H3,(H,18,19). The molecule has 0 saturated carbocycles. The number of halogens is 1. The first-order valence-corrected chi connectivity index (χ1v) is 6.71. The van der Waals surface area contributed by atoms with Gasteiger partial charge in [-0.05, 0) is 56.5 Å². The largest absolute Gasteiger partial charge is 0.313 e. The summed E-state index contributed by atoms with van der Waals surface area (Å²) in [5.74, 6) is -0.122. The van der Waals surface area contributed by atoms with Crippen LogP contribution in [0.2, 0.25) is 0 Å². The molecule has 0 unspecified atom stereocenters. The third-order valence-electron chi connectivity index (χ3n) is 3.74. The second-order valence-electron chi connectivity index (χ2n) is 5.23. The van der Waals surface area contributed by atoms with Crippen molar-refractivity contribution in [3.8, 4) is 11.3 Å². The summed E-state index contributed by atoms with van der Waals surface area (Å²) in [6.07, 6.45) is 2.14. The lowest BCUT2D eigenvalue weighted by Crippen LogP contribution is -2.12. The molecule has 0 aliphatic carbocycles. The predicted molar refractivity (Wildman–Crippen MR) is 73.5 cm³/mol. The number of rotatable bonds is 1. The molecule has 0 fully saturated rings. The molecule has 4 heteroatoms. The molecule has 2 N–H and O–H groups in total. The van der Waals surface area contributed by atoms with E-state index in [2.05, 4.69) is 15.5 Å². The van der Waals surface area contributed by atoms with Gasteiger partial charge in [0.05, 0.1) is 5.69 Å². The van der Waals surface area contributed by atoms with Crippen molar-refractivity contribution in [3.63, 3.8) is 0 Å². The summed E-state index contributed by atoms with van der Waals surface area (Å²) in [5.41, 5.74) is 5.73. The highest BCUT2D eigenvalue weighted by Gasteiger charge is 2.17. The van der Waals surface area contributed by atoms with E-state index in [0.717, 1.165) is 37.2 Å². The van der Waals surface area contributed by atoms with Crippen LogP contribution in [-0.4, -0.2) is 16.7 Å². The van der Waals surface area contributed by atoms with Gasteiger partial charge in [-0.1, -0.05) is 0 Å². The lowest BCUT2D eigenvalue weighted by molar-refractivity contribution is 0.609. The fraction of sp³-hybridized carbons (Fsp3) is 0.400. The topological polar surface area (TPSA) is 40.7 Å². The van der Waals surface area contributed by atoms with Crippen LogP contribution in [0.5, 0.6) is 0 Å². The molecular formula is C15H18FN3. The third-order valence-corrected chi connectivity index (χ3v) is 3.74. The van der Waals surface area contributed by atoms with E-state index in [1.165, 1.54) is 11.3 Å². The van der Waals surface area contributed by atoms with E-state index in [4.69, 9.17) is 0 Å². The Morgan fingerprint density at radius 1 is 1.21 bits per heavy atom. The maximum atomic E-state index is 13.7. The van der Waals surface area contributed by atoms with E-state index in [1.54, 1.807) is 13.8 Å². The molecule has 1 aliphatic heterocycles. The van der Waals surface area contributed by atoms with Crippen LogP contribution < -0.4 is 5.32 Å². The Morgan fingerprint density at radius 2 is 1.95 bits per heavy atom. The summed E-state index contributed by atoms with van der Waals surface area (Å²) in [7, 11) is 0.